The van der Waals surface area contributed by atoms with Crippen molar-refractivity contribution in [1.82, 2.24) is 10.2 Å². The molecule has 18 heavy (non-hydrogen) atoms. The maximum Gasteiger partial charge on any atom is 0.0613 e. The molecule has 1 aliphatic heterocycles. The molecule has 1 heterocycles. The number of aliphatic hydroxyl groups is 1. The minimum absolute atomic E-state index is 0.00472. The van der Waals surface area contributed by atoms with Crippen molar-refractivity contribution < 1.29 is 5.11 Å². The van der Waals surface area contributed by atoms with Crippen LogP contribution in [0.25, 0.3) is 0 Å². The molecule has 3 nitrogen and oxygen atoms in total. The second-order valence-electron chi connectivity index (χ2n) is 6.50. The number of hydrogen-bond donors (Lipinski definition) is 2. The highest BCUT2D eigenvalue weighted by Gasteiger charge is 2.38. The summed E-state index contributed by atoms with van der Waals surface area (Å²) in [5, 5.41) is 13.4. The van der Waals surface area contributed by atoms with E-state index in [0.29, 0.717) is 12.6 Å². The second-order valence-corrected chi connectivity index (χ2v) is 6.50. The van der Waals surface area contributed by atoms with Gasteiger partial charge in [-0.25, -0.2) is 0 Å². The van der Waals surface area contributed by atoms with Crippen LogP contribution in [-0.4, -0.2) is 47.8 Å². The Hall–Kier alpha value is -0.120. The van der Waals surface area contributed by atoms with Crippen molar-refractivity contribution in [3.05, 3.63) is 0 Å². The highest BCUT2D eigenvalue weighted by Crippen LogP contribution is 2.33. The molecule has 0 spiro atoms. The number of likely N-dealkylation sites (tertiary alicyclic amines) is 1. The van der Waals surface area contributed by atoms with E-state index in [2.05, 4.69) is 24.1 Å². The van der Waals surface area contributed by atoms with Gasteiger partial charge < -0.3 is 15.3 Å². The molecule has 3 heteroatoms. The molecule has 0 radical (unpaired) electrons. The summed E-state index contributed by atoms with van der Waals surface area (Å²) in [5.74, 6) is 0.860. The lowest BCUT2D eigenvalue weighted by atomic mass is 9.78. The van der Waals surface area contributed by atoms with Crippen LogP contribution in [0, 0.1) is 5.92 Å². The van der Waals surface area contributed by atoms with E-state index < -0.39 is 0 Å². The minimum atomic E-state index is 0.00472. The van der Waals surface area contributed by atoms with E-state index in [1.165, 1.54) is 32.4 Å². The van der Waals surface area contributed by atoms with Gasteiger partial charge in [-0.1, -0.05) is 13.8 Å². The van der Waals surface area contributed by atoms with Gasteiger partial charge in [-0.05, 0) is 57.5 Å². The van der Waals surface area contributed by atoms with Gasteiger partial charge >= 0.3 is 0 Å². The van der Waals surface area contributed by atoms with E-state index >= 15 is 0 Å². The molecule has 3 unspecified atom stereocenters. The van der Waals surface area contributed by atoms with Gasteiger partial charge in [-0.2, -0.15) is 0 Å². The van der Waals surface area contributed by atoms with Crippen molar-refractivity contribution in [3.8, 4) is 0 Å². The number of nitrogens with zero attached hydrogens (tertiary/aromatic N) is 1. The highest BCUT2D eigenvalue weighted by molar-refractivity contribution is 4.97. The third-order valence-corrected chi connectivity index (χ3v) is 4.84. The fraction of sp³-hybridized carbons (Fsp3) is 1.00. The lowest BCUT2D eigenvalue weighted by Crippen LogP contribution is -2.55. The fourth-order valence-corrected chi connectivity index (χ4v) is 3.69. The van der Waals surface area contributed by atoms with Crippen LogP contribution in [0.3, 0.4) is 0 Å². The Balaban J connectivity index is 1.93. The van der Waals surface area contributed by atoms with Crippen LogP contribution in [0.5, 0.6) is 0 Å². The Kier molecular flexibility index (Phi) is 5.05. The monoisotopic (exact) mass is 254 g/mol. The molecule has 2 aliphatic rings. The summed E-state index contributed by atoms with van der Waals surface area (Å²) >= 11 is 0. The first-order chi connectivity index (χ1) is 8.69. The zero-order chi connectivity index (χ0) is 13.0. The first-order valence-corrected chi connectivity index (χ1v) is 7.79. The summed E-state index contributed by atoms with van der Waals surface area (Å²) in [7, 11) is 0. The van der Waals surface area contributed by atoms with E-state index in [-0.39, 0.29) is 5.54 Å². The van der Waals surface area contributed by atoms with Crippen LogP contribution < -0.4 is 5.32 Å². The molecule has 1 aliphatic carbocycles. The molecule has 106 valence electrons. The topological polar surface area (TPSA) is 35.5 Å². The number of nitrogens with one attached hydrogen (secondary N) is 1. The number of hydrogen-bond acceptors (Lipinski definition) is 3. The molecule has 2 rings (SSSR count). The average Bonchev–Trinajstić information content (AvgIpc) is 2.83. The summed E-state index contributed by atoms with van der Waals surface area (Å²) < 4.78 is 0. The molecule has 2 fully saturated rings. The van der Waals surface area contributed by atoms with Crippen molar-refractivity contribution in [2.75, 3.05) is 26.2 Å². The highest BCUT2D eigenvalue weighted by atomic mass is 16.3. The van der Waals surface area contributed by atoms with Crippen LogP contribution in [-0.2, 0) is 0 Å². The van der Waals surface area contributed by atoms with Crippen LogP contribution in [0.15, 0.2) is 0 Å². The predicted molar refractivity (Wildman–Crippen MR) is 75.7 cm³/mol. The summed E-state index contributed by atoms with van der Waals surface area (Å²) in [6.07, 6.45) is 7.35. The van der Waals surface area contributed by atoms with Gasteiger partial charge in [-0.3, -0.25) is 0 Å². The van der Waals surface area contributed by atoms with Gasteiger partial charge in [0.25, 0.3) is 0 Å². The standard InChI is InChI=1S/C15H30N2O/c1-3-8-16-15(12-18)7-4-5-14(10-15)17-9-6-13(2)11-17/h13-14,16,18H,3-12H2,1-2H3. The van der Waals surface area contributed by atoms with E-state index in [4.69, 9.17) is 0 Å². The van der Waals surface area contributed by atoms with Crippen molar-refractivity contribution in [2.24, 2.45) is 5.92 Å². The SMILES string of the molecule is CCCNC1(CO)CCCC(N2CCC(C)C2)C1. The molecule has 0 bridgehead atoms. The zero-order valence-electron chi connectivity index (χ0n) is 12.1. The first-order valence-electron chi connectivity index (χ1n) is 7.79. The van der Waals surface area contributed by atoms with Crippen LogP contribution in [0.2, 0.25) is 0 Å². The maximum absolute atomic E-state index is 9.80. The van der Waals surface area contributed by atoms with E-state index in [1.54, 1.807) is 0 Å². The summed E-state index contributed by atoms with van der Waals surface area (Å²) in [6, 6.07) is 0.695. The lowest BCUT2D eigenvalue weighted by molar-refractivity contribution is 0.0678. The third kappa shape index (κ3) is 3.25. The molecule has 2 N–H and O–H groups in total. The molecule has 0 amide bonds. The zero-order valence-corrected chi connectivity index (χ0v) is 12.1. The fourth-order valence-electron chi connectivity index (χ4n) is 3.69. The summed E-state index contributed by atoms with van der Waals surface area (Å²) in [5.41, 5.74) is 0.00472. The molecular weight excluding hydrogens is 224 g/mol. The van der Waals surface area contributed by atoms with Gasteiger partial charge in [-0.15, -0.1) is 0 Å². The quantitative estimate of drug-likeness (QED) is 0.788. The molecule has 0 aromatic rings. The molecule has 3 atom stereocenters. The Morgan fingerprint density at radius 3 is 2.83 bits per heavy atom. The minimum Gasteiger partial charge on any atom is -0.394 e. The van der Waals surface area contributed by atoms with Gasteiger partial charge in [0, 0.05) is 18.1 Å². The van der Waals surface area contributed by atoms with Gasteiger partial charge in [0.15, 0.2) is 0 Å². The normalized spacial score (nSPS) is 38.2. The van der Waals surface area contributed by atoms with Gasteiger partial charge in [0.05, 0.1) is 6.61 Å². The van der Waals surface area contributed by atoms with Crippen molar-refractivity contribution in [3.63, 3.8) is 0 Å². The van der Waals surface area contributed by atoms with Crippen LogP contribution >= 0.6 is 0 Å². The first kappa shape index (κ1) is 14.3. The van der Waals surface area contributed by atoms with E-state index in [0.717, 1.165) is 31.7 Å². The number of aliphatic hydroxyl groups excluding tert-OH is 1. The maximum atomic E-state index is 9.80. The lowest BCUT2D eigenvalue weighted by Gasteiger charge is -2.43. The summed E-state index contributed by atoms with van der Waals surface area (Å²) in [4.78, 5) is 2.67. The van der Waals surface area contributed by atoms with Crippen LogP contribution in [0.1, 0.15) is 52.4 Å². The largest absolute Gasteiger partial charge is 0.394 e. The molecular formula is C15H30N2O. The molecule has 0 aromatic heterocycles. The third-order valence-electron chi connectivity index (χ3n) is 4.84. The van der Waals surface area contributed by atoms with Gasteiger partial charge in [0.1, 0.15) is 0 Å². The molecule has 0 aromatic carbocycles. The predicted octanol–water partition coefficient (Wildman–Crippen LogP) is 2.00. The average molecular weight is 254 g/mol. The Bertz CT molecular complexity index is 259. The van der Waals surface area contributed by atoms with E-state index in [9.17, 15) is 5.11 Å². The Morgan fingerprint density at radius 2 is 2.22 bits per heavy atom. The molecule has 1 saturated heterocycles. The summed E-state index contributed by atoms with van der Waals surface area (Å²) in [6.45, 7) is 8.41. The van der Waals surface area contributed by atoms with Gasteiger partial charge in [0.2, 0.25) is 0 Å². The van der Waals surface area contributed by atoms with E-state index in [1.807, 2.05) is 0 Å². The molecule has 1 saturated carbocycles. The van der Waals surface area contributed by atoms with Crippen molar-refractivity contribution in [1.29, 1.82) is 0 Å². The van der Waals surface area contributed by atoms with Crippen molar-refractivity contribution >= 4 is 0 Å². The smallest absolute Gasteiger partial charge is 0.0613 e. The van der Waals surface area contributed by atoms with Crippen molar-refractivity contribution in [2.45, 2.75) is 64.0 Å². The number of rotatable bonds is 5. The van der Waals surface area contributed by atoms with Crippen LogP contribution in [0.4, 0.5) is 0 Å². The Morgan fingerprint density at radius 1 is 1.39 bits per heavy atom. The Labute approximate surface area is 112 Å². The second kappa shape index (κ2) is 6.36.